The van der Waals surface area contributed by atoms with E-state index in [1.807, 2.05) is 11.6 Å². The molecule has 0 amide bonds. The van der Waals surface area contributed by atoms with Gasteiger partial charge in [0.15, 0.2) is 0 Å². The molecule has 0 aliphatic carbocycles. The van der Waals surface area contributed by atoms with Gasteiger partial charge in [-0.05, 0) is 37.6 Å². The van der Waals surface area contributed by atoms with Gasteiger partial charge in [-0.3, -0.25) is 4.68 Å². The normalized spacial score (nSPS) is 10.8. The molecule has 1 aromatic carbocycles. The minimum absolute atomic E-state index is 0.231. The Bertz CT molecular complexity index is 534. The Kier molecular flexibility index (Phi) is 3.91. The number of nitrogens with zero attached hydrogens (tertiary/aromatic N) is 2. The molecule has 0 spiro atoms. The lowest BCUT2D eigenvalue weighted by Gasteiger charge is -2.06. The molecule has 3 nitrogen and oxygen atoms in total. The average Bonchev–Trinajstić information content (AvgIpc) is 2.60. The van der Waals surface area contributed by atoms with Gasteiger partial charge in [-0.25, -0.2) is 4.39 Å². The number of aromatic nitrogens is 2. The van der Waals surface area contributed by atoms with E-state index in [-0.39, 0.29) is 5.82 Å². The zero-order valence-corrected chi connectivity index (χ0v) is 11.3. The van der Waals surface area contributed by atoms with Gasteiger partial charge in [-0.1, -0.05) is 18.7 Å². The fraction of sp³-hybridized carbons (Fsp3) is 0.308. The van der Waals surface area contributed by atoms with Crippen LogP contribution in [-0.4, -0.2) is 9.78 Å². The summed E-state index contributed by atoms with van der Waals surface area (Å²) in [6.45, 7) is 4.83. The summed E-state index contributed by atoms with van der Waals surface area (Å²) >= 11 is 1.52. The molecule has 18 heavy (non-hydrogen) atoms. The summed E-state index contributed by atoms with van der Waals surface area (Å²) in [6.07, 6.45) is 0.998. The Hall–Kier alpha value is -1.49. The zero-order valence-electron chi connectivity index (χ0n) is 10.5. The van der Waals surface area contributed by atoms with Gasteiger partial charge in [0.1, 0.15) is 10.8 Å². The van der Waals surface area contributed by atoms with Crippen LogP contribution >= 0.6 is 11.8 Å². The van der Waals surface area contributed by atoms with Gasteiger partial charge < -0.3 is 5.73 Å². The van der Waals surface area contributed by atoms with Crippen LogP contribution in [-0.2, 0) is 6.54 Å². The molecule has 1 aromatic heterocycles. The van der Waals surface area contributed by atoms with Crippen LogP contribution in [0.3, 0.4) is 0 Å². The van der Waals surface area contributed by atoms with Crippen molar-refractivity contribution in [2.24, 2.45) is 0 Å². The molecule has 2 aromatic rings. The molecular weight excluding hydrogens is 249 g/mol. The number of benzene rings is 1. The van der Waals surface area contributed by atoms with E-state index in [2.05, 4.69) is 12.0 Å². The average molecular weight is 265 g/mol. The van der Waals surface area contributed by atoms with Crippen molar-refractivity contribution in [3.05, 3.63) is 35.8 Å². The minimum Gasteiger partial charge on any atom is -0.395 e. The fourth-order valence-electron chi connectivity index (χ4n) is 1.66. The Morgan fingerprint density at radius 2 is 2.00 bits per heavy atom. The Morgan fingerprint density at radius 3 is 2.61 bits per heavy atom. The molecule has 0 atom stereocenters. The lowest BCUT2D eigenvalue weighted by atomic mass is 10.4. The quantitative estimate of drug-likeness (QED) is 0.920. The van der Waals surface area contributed by atoms with Crippen LogP contribution in [0.15, 0.2) is 34.2 Å². The zero-order chi connectivity index (χ0) is 13.1. The molecule has 0 bridgehead atoms. The topological polar surface area (TPSA) is 43.8 Å². The number of rotatable bonds is 4. The second-order valence-electron chi connectivity index (χ2n) is 4.08. The highest BCUT2D eigenvalue weighted by atomic mass is 32.2. The Labute approximate surface area is 110 Å². The molecule has 96 valence electrons. The lowest BCUT2D eigenvalue weighted by Crippen LogP contribution is -2.01. The highest BCUT2D eigenvalue weighted by Gasteiger charge is 2.13. The van der Waals surface area contributed by atoms with Crippen molar-refractivity contribution >= 4 is 17.4 Å². The van der Waals surface area contributed by atoms with E-state index in [4.69, 9.17) is 5.73 Å². The molecule has 0 unspecified atom stereocenters. The maximum Gasteiger partial charge on any atom is 0.123 e. The van der Waals surface area contributed by atoms with Gasteiger partial charge in [0.2, 0.25) is 0 Å². The van der Waals surface area contributed by atoms with Crippen LogP contribution < -0.4 is 5.73 Å². The molecule has 5 heteroatoms. The van der Waals surface area contributed by atoms with E-state index in [0.717, 1.165) is 28.6 Å². The van der Waals surface area contributed by atoms with Crippen molar-refractivity contribution in [1.29, 1.82) is 0 Å². The SMILES string of the molecule is CCCn1nc(C)c(N)c1Sc1ccc(F)cc1. The molecule has 0 radical (unpaired) electrons. The summed E-state index contributed by atoms with van der Waals surface area (Å²) in [5, 5.41) is 5.34. The summed E-state index contributed by atoms with van der Waals surface area (Å²) in [5.74, 6) is -0.231. The minimum atomic E-state index is -0.231. The van der Waals surface area contributed by atoms with Gasteiger partial charge in [0.05, 0.1) is 11.4 Å². The van der Waals surface area contributed by atoms with E-state index in [0.29, 0.717) is 5.69 Å². The van der Waals surface area contributed by atoms with Crippen molar-refractivity contribution in [2.75, 3.05) is 5.73 Å². The summed E-state index contributed by atoms with van der Waals surface area (Å²) in [7, 11) is 0. The van der Waals surface area contributed by atoms with Crippen LogP contribution in [0.5, 0.6) is 0 Å². The number of nitrogens with two attached hydrogens (primary N) is 1. The van der Waals surface area contributed by atoms with Gasteiger partial charge >= 0.3 is 0 Å². The number of aryl methyl sites for hydroxylation is 2. The Morgan fingerprint density at radius 1 is 1.33 bits per heavy atom. The highest BCUT2D eigenvalue weighted by Crippen LogP contribution is 2.33. The van der Waals surface area contributed by atoms with Crippen LogP contribution in [0.25, 0.3) is 0 Å². The van der Waals surface area contributed by atoms with E-state index in [1.54, 1.807) is 12.1 Å². The van der Waals surface area contributed by atoms with Crippen molar-refractivity contribution in [3.8, 4) is 0 Å². The van der Waals surface area contributed by atoms with Gasteiger partial charge in [0, 0.05) is 11.4 Å². The largest absolute Gasteiger partial charge is 0.395 e. The Balaban J connectivity index is 2.30. The molecular formula is C13H16FN3S. The second kappa shape index (κ2) is 5.44. The van der Waals surface area contributed by atoms with Crippen LogP contribution in [0.4, 0.5) is 10.1 Å². The fourth-order valence-corrected chi connectivity index (χ4v) is 2.65. The van der Waals surface area contributed by atoms with Crippen LogP contribution in [0.1, 0.15) is 19.0 Å². The van der Waals surface area contributed by atoms with Crippen molar-refractivity contribution in [3.63, 3.8) is 0 Å². The molecule has 0 aliphatic heterocycles. The predicted molar refractivity (Wildman–Crippen MR) is 72.2 cm³/mol. The smallest absolute Gasteiger partial charge is 0.123 e. The van der Waals surface area contributed by atoms with Gasteiger partial charge in [-0.15, -0.1) is 0 Å². The maximum atomic E-state index is 12.9. The number of anilines is 1. The second-order valence-corrected chi connectivity index (χ2v) is 5.15. The standard InChI is InChI=1S/C13H16FN3S/c1-3-8-17-13(12(15)9(2)16-17)18-11-6-4-10(14)5-7-11/h4-7H,3,8,15H2,1-2H3. The summed E-state index contributed by atoms with van der Waals surface area (Å²) in [4.78, 5) is 0.959. The van der Waals surface area contributed by atoms with E-state index >= 15 is 0 Å². The molecule has 2 rings (SSSR count). The first-order valence-electron chi connectivity index (χ1n) is 5.88. The van der Waals surface area contributed by atoms with E-state index in [1.165, 1.54) is 23.9 Å². The third kappa shape index (κ3) is 2.67. The summed E-state index contributed by atoms with van der Waals surface area (Å²) < 4.78 is 14.8. The van der Waals surface area contributed by atoms with Crippen LogP contribution in [0, 0.1) is 12.7 Å². The van der Waals surface area contributed by atoms with Crippen molar-refractivity contribution < 1.29 is 4.39 Å². The van der Waals surface area contributed by atoms with Crippen molar-refractivity contribution in [2.45, 2.75) is 36.7 Å². The van der Waals surface area contributed by atoms with Gasteiger partial charge in [-0.2, -0.15) is 5.10 Å². The first-order valence-corrected chi connectivity index (χ1v) is 6.69. The molecule has 1 heterocycles. The van der Waals surface area contributed by atoms with Crippen molar-refractivity contribution in [1.82, 2.24) is 9.78 Å². The van der Waals surface area contributed by atoms with E-state index in [9.17, 15) is 4.39 Å². The van der Waals surface area contributed by atoms with E-state index < -0.39 is 0 Å². The number of hydrogen-bond donors (Lipinski definition) is 1. The first-order chi connectivity index (χ1) is 8.61. The van der Waals surface area contributed by atoms with Crippen LogP contribution in [0.2, 0.25) is 0 Å². The number of nitrogen functional groups attached to an aromatic ring is 1. The van der Waals surface area contributed by atoms with Gasteiger partial charge in [0.25, 0.3) is 0 Å². The maximum absolute atomic E-state index is 12.9. The monoisotopic (exact) mass is 265 g/mol. The molecule has 0 saturated carbocycles. The number of hydrogen-bond acceptors (Lipinski definition) is 3. The molecule has 2 N–H and O–H groups in total. The predicted octanol–water partition coefficient (Wildman–Crippen LogP) is 3.47. The molecule has 0 fully saturated rings. The first kappa shape index (κ1) is 13.0. The third-order valence-electron chi connectivity index (χ3n) is 2.59. The molecule has 0 saturated heterocycles. The summed E-state index contributed by atoms with van der Waals surface area (Å²) in [5.41, 5.74) is 7.58. The third-order valence-corrected chi connectivity index (χ3v) is 3.72. The lowest BCUT2D eigenvalue weighted by molar-refractivity contribution is 0.556. The number of halogens is 1. The molecule has 0 aliphatic rings. The highest BCUT2D eigenvalue weighted by molar-refractivity contribution is 7.99. The summed E-state index contributed by atoms with van der Waals surface area (Å²) in [6, 6.07) is 6.40.